The number of hydrogen-bond donors (Lipinski definition) is 0. The molecular formula is C15H24N2O. The third-order valence-electron chi connectivity index (χ3n) is 3.42. The van der Waals surface area contributed by atoms with Crippen molar-refractivity contribution in [1.29, 1.82) is 0 Å². The van der Waals surface area contributed by atoms with E-state index in [0.29, 0.717) is 0 Å². The summed E-state index contributed by atoms with van der Waals surface area (Å²) in [6.45, 7) is 10.3. The smallest absolute Gasteiger partial charge is 0.142 e. The average molecular weight is 248 g/mol. The number of ether oxygens (including phenoxy) is 1. The summed E-state index contributed by atoms with van der Waals surface area (Å²) in [5, 5.41) is 0. The van der Waals surface area contributed by atoms with Crippen molar-refractivity contribution in [2.45, 2.75) is 13.8 Å². The molecule has 0 amide bonds. The number of para-hydroxylation sites is 2. The van der Waals surface area contributed by atoms with E-state index in [1.54, 1.807) is 7.11 Å². The average Bonchev–Trinajstić information content (AvgIpc) is 2.39. The number of anilines is 1. The Labute approximate surface area is 110 Å². The van der Waals surface area contributed by atoms with Crippen molar-refractivity contribution in [3.63, 3.8) is 0 Å². The van der Waals surface area contributed by atoms with Crippen molar-refractivity contribution in [2.24, 2.45) is 5.92 Å². The summed E-state index contributed by atoms with van der Waals surface area (Å²) >= 11 is 0. The third kappa shape index (κ3) is 3.16. The molecule has 1 aliphatic heterocycles. The van der Waals surface area contributed by atoms with Gasteiger partial charge in [0, 0.05) is 32.7 Å². The first kappa shape index (κ1) is 13.2. The van der Waals surface area contributed by atoms with Crippen molar-refractivity contribution in [3.8, 4) is 5.75 Å². The predicted octanol–water partition coefficient (Wildman–Crippen LogP) is 2.47. The van der Waals surface area contributed by atoms with Crippen molar-refractivity contribution >= 4 is 5.69 Å². The number of piperazine rings is 1. The Morgan fingerprint density at radius 1 is 1.11 bits per heavy atom. The van der Waals surface area contributed by atoms with Crippen LogP contribution in [0.15, 0.2) is 24.3 Å². The maximum absolute atomic E-state index is 5.43. The molecule has 1 saturated heterocycles. The van der Waals surface area contributed by atoms with E-state index in [-0.39, 0.29) is 0 Å². The van der Waals surface area contributed by atoms with Gasteiger partial charge in [0.15, 0.2) is 0 Å². The number of benzene rings is 1. The number of rotatable bonds is 4. The van der Waals surface area contributed by atoms with Crippen molar-refractivity contribution < 1.29 is 4.74 Å². The largest absolute Gasteiger partial charge is 0.495 e. The van der Waals surface area contributed by atoms with Gasteiger partial charge < -0.3 is 9.64 Å². The molecule has 0 aliphatic carbocycles. The molecule has 0 atom stereocenters. The second-order valence-corrected chi connectivity index (χ2v) is 5.35. The van der Waals surface area contributed by atoms with Gasteiger partial charge in [-0.2, -0.15) is 0 Å². The zero-order chi connectivity index (χ0) is 13.0. The SMILES string of the molecule is COc1ccccc1N1CCN(CC(C)C)CC1. The van der Waals surface area contributed by atoms with E-state index in [1.165, 1.54) is 12.2 Å². The maximum Gasteiger partial charge on any atom is 0.142 e. The van der Waals surface area contributed by atoms with E-state index in [1.807, 2.05) is 12.1 Å². The maximum atomic E-state index is 5.43. The summed E-state index contributed by atoms with van der Waals surface area (Å²) in [5.74, 6) is 1.73. The van der Waals surface area contributed by atoms with E-state index in [9.17, 15) is 0 Å². The van der Waals surface area contributed by atoms with Gasteiger partial charge in [0.1, 0.15) is 5.75 Å². The number of nitrogens with zero attached hydrogens (tertiary/aromatic N) is 2. The molecule has 2 rings (SSSR count). The van der Waals surface area contributed by atoms with Crippen molar-refractivity contribution in [2.75, 3.05) is 44.7 Å². The normalized spacial score (nSPS) is 17.2. The molecule has 0 radical (unpaired) electrons. The molecule has 100 valence electrons. The molecule has 0 N–H and O–H groups in total. The second-order valence-electron chi connectivity index (χ2n) is 5.35. The van der Waals surface area contributed by atoms with Crippen LogP contribution in [0.4, 0.5) is 5.69 Å². The molecule has 0 unspecified atom stereocenters. The molecule has 3 heteroatoms. The van der Waals surface area contributed by atoms with Gasteiger partial charge in [-0.05, 0) is 18.1 Å². The standard InChI is InChI=1S/C15H24N2O/c1-13(2)12-16-8-10-17(11-9-16)14-6-4-5-7-15(14)18-3/h4-7,13H,8-12H2,1-3H3. The summed E-state index contributed by atoms with van der Waals surface area (Å²) in [5.41, 5.74) is 1.23. The zero-order valence-corrected chi connectivity index (χ0v) is 11.7. The van der Waals surface area contributed by atoms with Gasteiger partial charge in [0.25, 0.3) is 0 Å². The van der Waals surface area contributed by atoms with Crippen LogP contribution in [0, 0.1) is 5.92 Å². The van der Waals surface area contributed by atoms with Crippen LogP contribution in [0.25, 0.3) is 0 Å². The first-order valence-corrected chi connectivity index (χ1v) is 6.81. The van der Waals surface area contributed by atoms with Gasteiger partial charge in [0.05, 0.1) is 12.8 Å². The highest BCUT2D eigenvalue weighted by Gasteiger charge is 2.19. The minimum Gasteiger partial charge on any atom is -0.495 e. The Balaban J connectivity index is 1.97. The van der Waals surface area contributed by atoms with Gasteiger partial charge in [-0.25, -0.2) is 0 Å². The summed E-state index contributed by atoms with van der Waals surface area (Å²) in [6, 6.07) is 8.29. The summed E-state index contributed by atoms with van der Waals surface area (Å²) in [4.78, 5) is 4.98. The van der Waals surface area contributed by atoms with Crippen LogP contribution in [0.2, 0.25) is 0 Å². The van der Waals surface area contributed by atoms with Gasteiger partial charge in [-0.15, -0.1) is 0 Å². The first-order valence-electron chi connectivity index (χ1n) is 6.81. The quantitative estimate of drug-likeness (QED) is 0.814. The Hall–Kier alpha value is -1.22. The van der Waals surface area contributed by atoms with Crippen LogP contribution in [-0.4, -0.2) is 44.7 Å². The van der Waals surface area contributed by atoms with E-state index in [0.717, 1.165) is 37.8 Å². The highest BCUT2D eigenvalue weighted by Crippen LogP contribution is 2.28. The van der Waals surface area contributed by atoms with Gasteiger partial charge in [0.2, 0.25) is 0 Å². The Kier molecular flexibility index (Phi) is 4.48. The molecule has 1 fully saturated rings. The molecule has 0 spiro atoms. The fraction of sp³-hybridized carbons (Fsp3) is 0.600. The minimum atomic E-state index is 0.753. The monoisotopic (exact) mass is 248 g/mol. The van der Waals surface area contributed by atoms with Gasteiger partial charge in [-0.3, -0.25) is 4.90 Å². The summed E-state index contributed by atoms with van der Waals surface area (Å²) in [6.07, 6.45) is 0. The molecule has 1 aromatic carbocycles. The lowest BCUT2D eigenvalue weighted by Crippen LogP contribution is -2.47. The lowest BCUT2D eigenvalue weighted by Gasteiger charge is -2.37. The molecule has 3 nitrogen and oxygen atoms in total. The van der Waals surface area contributed by atoms with E-state index in [4.69, 9.17) is 4.74 Å². The molecular weight excluding hydrogens is 224 g/mol. The Morgan fingerprint density at radius 3 is 2.39 bits per heavy atom. The molecule has 1 aromatic rings. The van der Waals surface area contributed by atoms with Gasteiger partial charge >= 0.3 is 0 Å². The fourth-order valence-electron chi connectivity index (χ4n) is 2.58. The highest BCUT2D eigenvalue weighted by molar-refractivity contribution is 5.58. The third-order valence-corrected chi connectivity index (χ3v) is 3.42. The van der Waals surface area contributed by atoms with Crippen LogP contribution >= 0.6 is 0 Å². The number of hydrogen-bond acceptors (Lipinski definition) is 3. The van der Waals surface area contributed by atoms with E-state index in [2.05, 4.69) is 35.8 Å². The highest BCUT2D eigenvalue weighted by atomic mass is 16.5. The van der Waals surface area contributed by atoms with Crippen molar-refractivity contribution in [1.82, 2.24) is 4.90 Å². The fourth-order valence-corrected chi connectivity index (χ4v) is 2.58. The van der Waals surface area contributed by atoms with Crippen LogP contribution in [-0.2, 0) is 0 Å². The topological polar surface area (TPSA) is 15.7 Å². The first-order chi connectivity index (χ1) is 8.70. The van der Waals surface area contributed by atoms with Gasteiger partial charge in [-0.1, -0.05) is 26.0 Å². The second kappa shape index (κ2) is 6.10. The molecule has 18 heavy (non-hydrogen) atoms. The predicted molar refractivity (Wildman–Crippen MR) is 76.5 cm³/mol. The minimum absolute atomic E-state index is 0.753. The van der Waals surface area contributed by atoms with Crippen LogP contribution < -0.4 is 9.64 Å². The molecule has 0 bridgehead atoms. The summed E-state index contributed by atoms with van der Waals surface area (Å²) < 4.78 is 5.43. The Morgan fingerprint density at radius 2 is 1.78 bits per heavy atom. The van der Waals surface area contributed by atoms with Crippen LogP contribution in [0.5, 0.6) is 5.75 Å². The molecule has 1 heterocycles. The summed E-state index contributed by atoms with van der Waals surface area (Å²) in [7, 11) is 1.74. The van der Waals surface area contributed by atoms with E-state index < -0.39 is 0 Å². The lowest BCUT2D eigenvalue weighted by atomic mass is 10.1. The molecule has 1 aliphatic rings. The van der Waals surface area contributed by atoms with Crippen molar-refractivity contribution in [3.05, 3.63) is 24.3 Å². The van der Waals surface area contributed by atoms with Crippen LogP contribution in [0.3, 0.4) is 0 Å². The van der Waals surface area contributed by atoms with E-state index >= 15 is 0 Å². The number of methoxy groups -OCH3 is 1. The molecule has 0 saturated carbocycles. The lowest BCUT2D eigenvalue weighted by molar-refractivity contribution is 0.231. The molecule has 0 aromatic heterocycles. The van der Waals surface area contributed by atoms with Crippen LogP contribution in [0.1, 0.15) is 13.8 Å². The zero-order valence-electron chi connectivity index (χ0n) is 11.7. The Bertz CT molecular complexity index is 371.